The van der Waals surface area contributed by atoms with E-state index in [0.29, 0.717) is 12.0 Å². The highest BCUT2D eigenvalue weighted by atomic mass is 15.1. The lowest BCUT2D eigenvalue weighted by molar-refractivity contribution is 0.366. The van der Waals surface area contributed by atoms with Crippen molar-refractivity contribution in [3.05, 3.63) is 90.5 Å². The lowest BCUT2D eigenvalue weighted by Crippen LogP contribution is -2.19. The number of benzene rings is 2. The Morgan fingerprint density at radius 2 is 1.17 bits per heavy atom. The second-order valence-electron chi connectivity index (χ2n) is 10.7. The second kappa shape index (κ2) is 18.0. The Labute approximate surface area is 221 Å². The minimum atomic E-state index is 0.437. The number of imidazole rings is 1. The molecule has 0 N–H and O–H groups in total. The molecule has 0 amide bonds. The van der Waals surface area contributed by atoms with Crippen LogP contribution >= 0.6 is 0 Å². The molecule has 0 aliphatic heterocycles. The quantitative estimate of drug-likeness (QED) is 0.145. The molecule has 3 rings (SSSR count). The summed E-state index contributed by atoms with van der Waals surface area (Å²) in [6.07, 6.45) is 28.1. The largest absolute Gasteiger partial charge is 0.334 e. The van der Waals surface area contributed by atoms with Gasteiger partial charge in [0.2, 0.25) is 0 Å². The fourth-order valence-electron chi connectivity index (χ4n) is 5.62. The molecule has 0 radical (unpaired) electrons. The van der Waals surface area contributed by atoms with Gasteiger partial charge in [0.05, 0.1) is 6.33 Å². The van der Waals surface area contributed by atoms with Crippen LogP contribution in [0.4, 0.5) is 0 Å². The summed E-state index contributed by atoms with van der Waals surface area (Å²) in [5, 5.41) is 0. The second-order valence-corrected chi connectivity index (χ2v) is 10.7. The highest BCUT2D eigenvalue weighted by Crippen LogP contribution is 2.36. The van der Waals surface area contributed by atoms with Crippen LogP contribution in [0.25, 0.3) is 0 Å². The van der Waals surface area contributed by atoms with Gasteiger partial charge in [-0.2, -0.15) is 0 Å². The minimum Gasteiger partial charge on any atom is -0.334 e. The summed E-state index contributed by atoms with van der Waals surface area (Å²) in [5.74, 6) is 0.449. The molecular weight excluding hydrogens is 436 g/mol. The Morgan fingerprint density at radius 1 is 0.639 bits per heavy atom. The maximum absolute atomic E-state index is 4.41. The monoisotopic (exact) mass is 486 g/mol. The first-order valence-electron chi connectivity index (χ1n) is 14.9. The van der Waals surface area contributed by atoms with Gasteiger partial charge in [0.25, 0.3) is 0 Å². The van der Waals surface area contributed by atoms with E-state index in [1.807, 2.05) is 12.5 Å². The van der Waals surface area contributed by atoms with Gasteiger partial charge < -0.3 is 4.57 Å². The van der Waals surface area contributed by atoms with E-state index in [2.05, 4.69) is 83.3 Å². The van der Waals surface area contributed by atoms with Crippen molar-refractivity contribution in [3.8, 4) is 0 Å². The first-order valence-corrected chi connectivity index (χ1v) is 14.9. The van der Waals surface area contributed by atoms with E-state index in [4.69, 9.17) is 0 Å². The van der Waals surface area contributed by atoms with Crippen LogP contribution in [-0.2, 0) is 6.42 Å². The van der Waals surface area contributed by atoms with E-state index < -0.39 is 0 Å². The maximum Gasteiger partial charge on any atom is 0.0948 e. The maximum atomic E-state index is 4.41. The van der Waals surface area contributed by atoms with E-state index in [1.165, 1.54) is 107 Å². The molecule has 0 saturated heterocycles. The average Bonchev–Trinajstić information content (AvgIpc) is 3.46. The Balaban J connectivity index is 1.41. The molecule has 0 bridgehead atoms. The minimum absolute atomic E-state index is 0.437. The van der Waals surface area contributed by atoms with Crippen LogP contribution in [0.3, 0.4) is 0 Å². The van der Waals surface area contributed by atoms with Crippen LogP contribution < -0.4 is 0 Å². The highest BCUT2D eigenvalue weighted by Gasteiger charge is 2.24. The predicted octanol–water partition coefficient (Wildman–Crippen LogP) is 10.3. The van der Waals surface area contributed by atoms with Gasteiger partial charge in [-0.15, -0.1) is 0 Å². The molecule has 0 aliphatic carbocycles. The Hall–Kier alpha value is -2.35. The zero-order valence-corrected chi connectivity index (χ0v) is 22.9. The molecule has 2 atom stereocenters. The number of aromatic nitrogens is 2. The zero-order chi connectivity index (χ0) is 25.1. The van der Waals surface area contributed by atoms with Crippen molar-refractivity contribution in [2.75, 3.05) is 0 Å². The topological polar surface area (TPSA) is 17.8 Å². The van der Waals surface area contributed by atoms with E-state index >= 15 is 0 Å². The summed E-state index contributed by atoms with van der Waals surface area (Å²) in [6, 6.07) is 22.5. The molecule has 36 heavy (non-hydrogen) atoms. The summed E-state index contributed by atoms with van der Waals surface area (Å²) in [5.41, 5.74) is 2.85. The molecular formula is C34H50N2. The lowest BCUT2D eigenvalue weighted by Gasteiger charge is -2.29. The van der Waals surface area contributed by atoms with Crippen molar-refractivity contribution in [1.82, 2.24) is 9.55 Å². The van der Waals surface area contributed by atoms with Crippen molar-refractivity contribution in [2.45, 2.75) is 122 Å². The van der Waals surface area contributed by atoms with Crippen LogP contribution in [-0.4, -0.2) is 9.55 Å². The molecule has 0 fully saturated rings. The molecule has 1 heterocycles. The van der Waals surface area contributed by atoms with Crippen molar-refractivity contribution in [1.29, 1.82) is 0 Å². The normalized spacial score (nSPS) is 13.0. The van der Waals surface area contributed by atoms with Gasteiger partial charge in [-0.05, 0) is 24.0 Å². The number of rotatable bonds is 20. The third-order valence-corrected chi connectivity index (χ3v) is 7.75. The SMILES string of the molecule is CCCCCCCCCCCCCCCCC(C(Cc1ccccc1)c1ccccc1)n1ccnc1. The summed E-state index contributed by atoms with van der Waals surface area (Å²) in [7, 11) is 0. The van der Waals surface area contributed by atoms with E-state index in [0.717, 1.165) is 6.42 Å². The highest BCUT2D eigenvalue weighted by molar-refractivity contribution is 5.25. The first-order chi connectivity index (χ1) is 17.9. The molecule has 0 spiro atoms. The third-order valence-electron chi connectivity index (χ3n) is 7.75. The molecule has 2 nitrogen and oxygen atoms in total. The first kappa shape index (κ1) is 28.2. The van der Waals surface area contributed by atoms with Crippen LogP contribution in [0.1, 0.15) is 126 Å². The van der Waals surface area contributed by atoms with Crippen LogP contribution in [0.15, 0.2) is 79.4 Å². The van der Waals surface area contributed by atoms with Crippen molar-refractivity contribution in [3.63, 3.8) is 0 Å². The summed E-state index contributed by atoms with van der Waals surface area (Å²) < 4.78 is 2.36. The van der Waals surface area contributed by atoms with Crippen LogP contribution in [0.2, 0.25) is 0 Å². The summed E-state index contributed by atoms with van der Waals surface area (Å²) >= 11 is 0. The van der Waals surface area contributed by atoms with Crippen molar-refractivity contribution in [2.24, 2.45) is 0 Å². The third kappa shape index (κ3) is 10.7. The predicted molar refractivity (Wildman–Crippen MR) is 156 cm³/mol. The van der Waals surface area contributed by atoms with Crippen LogP contribution in [0.5, 0.6) is 0 Å². The number of hydrogen-bond acceptors (Lipinski definition) is 1. The standard InChI is InChI=1S/C34H50N2/c1-2-3-4-5-6-7-8-9-10-11-12-13-14-21-26-34(36-28-27-35-30-36)33(32-24-19-16-20-25-32)29-31-22-17-15-18-23-31/h15-20,22-25,27-28,30,33-34H,2-14,21,26,29H2,1H3. The van der Waals surface area contributed by atoms with Gasteiger partial charge in [-0.25, -0.2) is 4.98 Å². The van der Waals surface area contributed by atoms with E-state index in [-0.39, 0.29) is 0 Å². The smallest absolute Gasteiger partial charge is 0.0948 e. The average molecular weight is 487 g/mol. The van der Waals surface area contributed by atoms with E-state index in [9.17, 15) is 0 Å². The lowest BCUT2D eigenvalue weighted by atomic mass is 9.83. The van der Waals surface area contributed by atoms with E-state index in [1.54, 1.807) is 0 Å². The number of nitrogens with zero attached hydrogens (tertiary/aromatic N) is 2. The Kier molecular flexibility index (Phi) is 14.1. The van der Waals surface area contributed by atoms with Crippen LogP contribution in [0, 0.1) is 0 Å². The molecule has 2 aromatic carbocycles. The fraction of sp³-hybridized carbons (Fsp3) is 0.559. The molecule has 3 aromatic rings. The van der Waals surface area contributed by atoms with Crippen molar-refractivity contribution < 1.29 is 0 Å². The summed E-state index contributed by atoms with van der Waals surface area (Å²) in [6.45, 7) is 2.30. The van der Waals surface area contributed by atoms with Gasteiger partial charge >= 0.3 is 0 Å². The fourth-order valence-corrected chi connectivity index (χ4v) is 5.62. The molecule has 2 heteroatoms. The van der Waals surface area contributed by atoms with Gasteiger partial charge in [0.1, 0.15) is 0 Å². The molecule has 2 unspecified atom stereocenters. The number of unbranched alkanes of at least 4 members (excludes halogenated alkanes) is 13. The molecule has 0 saturated carbocycles. The molecule has 196 valence electrons. The van der Waals surface area contributed by atoms with Gasteiger partial charge in [0.15, 0.2) is 0 Å². The Morgan fingerprint density at radius 3 is 1.69 bits per heavy atom. The van der Waals surface area contributed by atoms with Crippen molar-refractivity contribution >= 4 is 0 Å². The summed E-state index contributed by atoms with van der Waals surface area (Å²) in [4.78, 5) is 4.41. The molecule has 1 aromatic heterocycles. The zero-order valence-electron chi connectivity index (χ0n) is 22.9. The van der Waals surface area contributed by atoms with Gasteiger partial charge in [-0.1, -0.05) is 157 Å². The van der Waals surface area contributed by atoms with Gasteiger partial charge in [0, 0.05) is 24.4 Å². The Bertz CT molecular complexity index is 872. The molecule has 0 aliphatic rings. The number of hydrogen-bond donors (Lipinski definition) is 0. The van der Waals surface area contributed by atoms with Gasteiger partial charge in [-0.3, -0.25) is 0 Å².